The molecule has 3 rings (SSSR count). The van der Waals surface area contributed by atoms with Gasteiger partial charge in [0.1, 0.15) is 0 Å². The summed E-state index contributed by atoms with van der Waals surface area (Å²) < 4.78 is 6.41. The van der Waals surface area contributed by atoms with Gasteiger partial charge in [-0.05, 0) is 38.3 Å². The van der Waals surface area contributed by atoms with Crippen molar-refractivity contribution < 1.29 is 14.3 Å². The lowest BCUT2D eigenvalue weighted by Gasteiger charge is -2.13. The van der Waals surface area contributed by atoms with E-state index < -0.39 is 12.6 Å². The Hall–Kier alpha value is -3.48. The lowest BCUT2D eigenvalue weighted by Crippen LogP contribution is -2.31. The van der Waals surface area contributed by atoms with Crippen molar-refractivity contribution in [1.29, 1.82) is 0 Å². The van der Waals surface area contributed by atoms with Gasteiger partial charge < -0.3 is 10.1 Å². The summed E-state index contributed by atoms with van der Waals surface area (Å²) in [6.45, 7) is 3.70. The molecule has 0 radical (unpaired) electrons. The Labute approximate surface area is 174 Å². The van der Waals surface area contributed by atoms with Crippen molar-refractivity contribution >= 4 is 22.6 Å². The number of nitrogens with zero attached hydrogens (tertiary/aromatic N) is 2. The van der Waals surface area contributed by atoms with Crippen LogP contribution in [0.1, 0.15) is 42.4 Å². The van der Waals surface area contributed by atoms with Crippen LogP contribution in [-0.4, -0.2) is 34.8 Å². The van der Waals surface area contributed by atoms with Gasteiger partial charge in [0, 0.05) is 11.9 Å². The van der Waals surface area contributed by atoms with Gasteiger partial charge in [0.2, 0.25) is 0 Å². The maximum Gasteiger partial charge on any atom is 0.359 e. The minimum atomic E-state index is -0.736. The Balaban J connectivity index is 1.59. The number of aryl methyl sites for hydroxylation is 1. The molecule has 7 nitrogen and oxygen atoms in total. The predicted molar refractivity (Wildman–Crippen MR) is 114 cm³/mol. The molecule has 2 aromatic carbocycles. The summed E-state index contributed by atoms with van der Waals surface area (Å²) in [6, 6.07) is 16.5. The maximum absolute atomic E-state index is 12.6. The van der Waals surface area contributed by atoms with Gasteiger partial charge in [0.05, 0.1) is 11.4 Å². The molecule has 0 unspecified atom stereocenters. The van der Waals surface area contributed by atoms with Crippen LogP contribution in [0.5, 0.6) is 0 Å². The van der Waals surface area contributed by atoms with Crippen molar-refractivity contribution in [2.75, 3.05) is 13.2 Å². The van der Waals surface area contributed by atoms with E-state index in [0.717, 1.165) is 12.8 Å². The largest absolute Gasteiger partial charge is 0.451 e. The van der Waals surface area contributed by atoms with Crippen LogP contribution < -0.4 is 10.9 Å². The molecule has 0 aliphatic carbocycles. The lowest BCUT2D eigenvalue weighted by molar-refractivity contribution is -0.124. The molecule has 0 bridgehead atoms. The van der Waals surface area contributed by atoms with E-state index in [4.69, 9.17) is 4.74 Å². The minimum Gasteiger partial charge on any atom is -0.451 e. The second-order valence-corrected chi connectivity index (χ2v) is 7.25. The fourth-order valence-corrected chi connectivity index (χ4v) is 3.12. The monoisotopic (exact) mass is 407 g/mol. The zero-order chi connectivity index (χ0) is 21.5. The number of hydrogen-bond donors (Lipinski definition) is 1. The summed E-state index contributed by atoms with van der Waals surface area (Å²) in [5.41, 5.74) is 0.959. The fraction of sp³-hybridized carbons (Fsp3) is 0.304. The van der Waals surface area contributed by atoms with E-state index in [-0.39, 0.29) is 23.2 Å². The van der Waals surface area contributed by atoms with Gasteiger partial charge in [-0.2, -0.15) is 5.10 Å². The Morgan fingerprint density at radius 2 is 1.70 bits per heavy atom. The molecular weight excluding hydrogens is 382 g/mol. The van der Waals surface area contributed by atoms with E-state index in [0.29, 0.717) is 17.3 Å². The topological polar surface area (TPSA) is 90.3 Å². The van der Waals surface area contributed by atoms with Crippen molar-refractivity contribution in [3.05, 3.63) is 76.2 Å². The first-order chi connectivity index (χ1) is 14.5. The van der Waals surface area contributed by atoms with Gasteiger partial charge >= 0.3 is 5.97 Å². The molecule has 0 saturated heterocycles. The molecule has 0 atom stereocenters. The van der Waals surface area contributed by atoms with Crippen LogP contribution in [0.25, 0.3) is 10.8 Å². The maximum atomic E-state index is 12.6. The zero-order valence-electron chi connectivity index (χ0n) is 17.1. The van der Waals surface area contributed by atoms with Gasteiger partial charge in [-0.3, -0.25) is 9.59 Å². The Bertz CT molecular complexity index is 1090. The van der Waals surface area contributed by atoms with Gasteiger partial charge in [-0.25, -0.2) is 9.48 Å². The first-order valence-electron chi connectivity index (χ1n) is 9.96. The summed E-state index contributed by atoms with van der Waals surface area (Å²) in [7, 11) is 0. The molecule has 0 aliphatic rings. The molecule has 156 valence electrons. The highest BCUT2D eigenvalue weighted by Gasteiger charge is 2.19. The van der Waals surface area contributed by atoms with Crippen LogP contribution in [-0.2, 0) is 16.0 Å². The third-order valence-electron chi connectivity index (χ3n) is 4.65. The number of benzene rings is 2. The number of nitrogens with one attached hydrogen (secondary N) is 1. The van der Waals surface area contributed by atoms with E-state index >= 15 is 0 Å². The first kappa shape index (κ1) is 21.2. The number of aromatic nitrogens is 2. The smallest absolute Gasteiger partial charge is 0.359 e. The van der Waals surface area contributed by atoms with Crippen LogP contribution in [0.3, 0.4) is 0 Å². The molecule has 1 aromatic heterocycles. The summed E-state index contributed by atoms with van der Waals surface area (Å²) in [6.07, 6.45) is 1.64. The summed E-state index contributed by atoms with van der Waals surface area (Å²) in [5.74, 6) is -1.11. The fourth-order valence-electron chi connectivity index (χ4n) is 3.12. The predicted octanol–water partition coefficient (Wildman–Crippen LogP) is 2.88. The second-order valence-electron chi connectivity index (χ2n) is 7.25. The Kier molecular flexibility index (Phi) is 6.95. The zero-order valence-corrected chi connectivity index (χ0v) is 17.1. The summed E-state index contributed by atoms with van der Waals surface area (Å²) >= 11 is 0. The number of ether oxygens (including phenoxy) is 1. The second kappa shape index (κ2) is 9.82. The highest BCUT2D eigenvalue weighted by Crippen LogP contribution is 2.15. The van der Waals surface area contributed by atoms with Gasteiger partial charge in [-0.1, -0.05) is 48.5 Å². The SMILES string of the molecule is CC(C)n1nc(C(=O)OCC(=O)NCCCc2ccccc2)c2ccccc2c1=O. The van der Waals surface area contributed by atoms with Gasteiger partial charge in [-0.15, -0.1) is 0 Å². The van der Waals surface area contributed by atoms with E-state index in [9.17, 15) is 14.4 Å². The molecule has 0 fully saturated rings. The number of amides is 1. The van der Waals surface area contributed by atoms with Crippen LogP contribution in [0.2, 0.25) is 0 Å². The summed E-state index contributed by atoms with van der Waals surface area (Å²) in [4.78, 5) is 37.1. The van der Waals surface area contributed by atoms with E-state index in [1.807, 2.05) is 30.3 Å². The molecule has 0 aliphatic heterocycles. The molecule has 0 saturated carbocycles. The van der Waals surface area contributed by atoms with Crippen molar-refractivity contribution in [3.63, 3.8) is 0 Å². The van der Waals surface area contributed by atoms with Crippen molar-refractivity contribution in [2.45, 2.75) is 32.7 Å². The van der Waals surface area contributed by atoms with Crippen LogP contribution in [0.15, 0.2) is 59.4 Å². The summed E-state index contributed by atoms with van der Waals surface area (Å²) in [5, 5.41) is 7.73. The lowest BCUT2D eigenvalue weighted by atomic mass is 10.1. The minimum absolute atomic E-state index is 0.0239. The van der Waals surface area contributed by atoms with Crippen LogP contribution in [0.4, 0.5) is 0 Å². The quantitative estimate of drug-likeness (QED) is 0.458. The van der Waals surface area contributed by atoms with E-state index in [1.165, 1.54) is 10.2 Å². The number of esters is 1. The highest BCUT2D eigenvalue weighted by atomic mass is 16.5. The van der Waals surface area contributed by atoms with Gasteiger partial charge in [0.25, 0.3) is 11.5 Å². The molecule has 1 N–H and O–H groups in total. The average molecular weight is 407 g/mol. The molecule has 7 heteroatoms. The average Bonchev–Trinajstić information content (AvgIpc) is 2.76. The number of hydrogen-bond acceptors (Lipinski definition) is 5. The number of fused-ring (bicyclic) bond motifs is 1. The molecule has 3 aromatic rings. The number of carbonyl (C=O) groups excluding carboxylic acids is 2. The first-order valence-corrected chi connectivity index (χ1v) is 9.96. The molecule has 0 spiro atoms. The molecule has 1 heterocycles. The number of rotatable bonds is 8. The van der Waals surface area contributed by atoms with Crippen LogP contribution in [0, 0.1) is 0 Å². The van der Waals surface area contributed by atoms with Gasteiger partial charge in [0.15, 0.2) is 12.3 Å². The van der Waals surface area contributed by atoms with Crippen molar-refractivity contribution in [1.82, 2.24) is 15.1 Å². The third-order valence-corrected chi connectivity index (χ3v) is 4.65. The molecular formula is C23H25N3O4. The normalized spacial score (nSPS) is 10.9. The number of carbonyl (C=O) groups is 2. The molecule has 1 amide bonds. The standard InChI is InChI=1S/C23H25N3O4/c1-16(2)26-22(28)19-13-7-6-12-18(19)21(25-26)23(29)30-15-20(27)24-14-8-11-17-9-4-3-5-10-17/h3-7,9-10,12-13,16H,8,11,14-15H2,1-2H3,(H,24,27). The van der Waals surface area contributed by atoms with Crippen molar-refractivity contribution in [3.8, 4) is 0 Å². The third kappa shape index (κ3) is 5.11. The Morgan fingerprint density at radius 1 is 1.03 bits per heavy atom. The van der Waals surface area contributed by atoms with Crippen LogP contribution >= 0.6 is 0 Å². The highest BCUT2D eigenvalue weighted by molar-refractivity contribution is 6.02. The van der Waals surface area contributed by atoms with Crippen molar-refractivity contribution in [2.24, 2.45) is 0 Å². The Morgan fingerprint density at radius 3 is 2.40 bits per heavy atom. The molecule has 30 heavy (non-hydrogen) atoms. The van der Waals surface area contributed by atoms with E-state index in [1.54, 1.807) is 38.1 Å². The van der Waals surface area contributed by atoms with E-state index in [2.05, 4.69) is 10.4 Å².